The average Bonchev–Trinajstić information content (AvgIpc) is 3.57. The van der Waals surface area contributed by atoms with Crippen LogP contribution in [-0.2, 0) is 4.79 Å². The van der Waals surface area contributed by atoms with E-state index in [4.69, 9.17) is 5.10 Å². The highest BCUT2D eigenvalue weighted by molar-refractivity contribution is 7.20. The normalized spacial score (nSPS) is 17.5. The van der Waals surface area contributed by atoms with Crippen LogP contribution in [0.4, 0.5) is 0 Å². The molecule has 0 radical (unpaired) electrons. The minimum Gasteiger partial charge on any atom is -0.352 e. The third kappa shape index (κ3) is 4.69. The lowest BCUT2D eigenvalue weighted by atomic mass is 9.94. The largest absolute Gasteiger partial charge is 0.352 e. The van der Waals surface area contributed by atoms with Crippen molar-refractivity contribution in [3.05, 3.63) is 47.0 Å². The highest BCUT2D eigenvalue weighted by Gasteiger charge is 2.30. The molecule has 33 heavy (non-hydrogen) atoms. The Hall–Kier alpha value is -2.67. The average molecular weight is 465 g/mol. The Morgan fingerprint density at radius 3 is 2.48 bits per heavy atom. The predicted molar refractivity (Wildman–Crippen MR) is 132 cm³/mol. The number of carbonyl (C=O) groups is 2. The van der Waals surface area contributed by atoms with Gasteiger partial charge in [0.15, 0.2) is 0 Å². The first-order valence-electron chi connectivity index (χ1n) is 12.2. The molecule has 2 amide bonds. The lowest BCUT2D eigenvalue weighted by molar-refractivity contribution is -0.123. The second kappa shape index (κ2) is 9.67. The van der Waals surface area contributed by atoms with Gasteiger partial charge in [-0.1, -0.05) is 50.3 Å². The van der Waals surface area contributed by atoms with Crippen LogP contribution in [0.15, 0.2) is 36.4 Å². The van der Waals surface area contributed by atoms with Gasteiger partial charge in [-0.05, 0) is 50.8 Å². The van der Waals surface area contributed by atoms with Crippen molar-refractivity contribution in [2.75, 3.05) is 6.54 Å². The van der Waals surface area contributed by atoms with Gasteiger partial charge in [-0.25, -0.2) is 4.68 Å². The summed E-state index contributed by atoms with van der Waals surface area (Å²) in [7, 11) is 0. The molecule has 2 saturated carbocycles. The summed E-state index contributed by atoms with van der Waals surface area (Å²) in [5, 5.41) is 8.88. The predicted octanol–water partition coefficient (Wildman–Crippen LogP) is 5.23. The second-order valence-electron chi connectivity index (χ2n) is 9.44. The van der Waals surface area contributed by atoms with Crippen molar-refractivity contribution in [1.29, 1.82) is 0 Å². The summed E-state index contributed by atoms with van der Waals surface area (Å²) < 4.78 is 1.92. The molecule has 2 aliphatic carbocycles. The number of amides is 2. The molecular formula is C26H32N4O2S. The summed E-state index contributed by atoms with van der Waals surface area (Å²) in [6.45, 7) is 2.13. The van der Waals surface area contributed by atoms with Crippen molar-refractivity contribution in [3.8, 4) is 5.69 Å². The zero-order valence-electron chi connectivity index (χ0n) is 19.3. The highest BCUT2D eigenvalue weighted by atomic mass is 32.1. The molecule has 1 aromatic carbocycles. The van der Waals surface area contributed by atoms with Crippen LogP contribution in [0.1, 0.15) is 73.2 Å². The molecule has 0 saturated heterocycles. The van der Waals surface area contributed by atoms with E-state index in [1.165, 1.54) is 30.6 Å². The first kappa shape index (κ1) is 22.1. The maximum atomic E-state index is 13.8. The van der Waals surface area contributed by atoms with Crippen LogP contribution in [0.2, 0.25) is 0 Å². The molecule has 7 heteroatoms. The molecule has 0 unspecified atom stereocenters. The summed E-state index contributed by atoms with van der Waals surface area (Å²) in [4.78, 5) is 30.2. The number of aromatic nitrogens is 2. The lowest BCUT2D eigenvalue weighted by Gasteiger charge is -2.34. The van der Waals surface area contributed by atoms with E-state index in [0.717, 1.165) is 60.1 Å². The molecule has 2 heterocycles. The molecule has 1 N–H and O–H groups in total. The lowest BCUT2D eigenvalue weighted by Crippen LogP contribution is -2.48. The van der Waals surface area contributed by atoms with E-state index >= 15 is 0 Å². The summed E-state index contributed by atoms with van der Waals surface area (Å²) >= 11 is 1.48. The number of para-hydroxylation sites is 1. The van der Waals surface area contributed by atoms with Gasteiger partial charge in [-0.2, -0.15) is 5.10 Å². The van der Waals surface area contributed by atoms with Crippen molar-refractivity contribution in [3.63, 3.8) is 0 Å². The molecule has 6 nitrogen and oxygen atoms in total. The Morgan fingerprint density at radius 1 is 1.06 bits per heavy atom. The van der Waals surface area contributed by atoms with Crippen LogP contribution >= 0.6 is 11.3 Å². The third-order valence-electron chi connectivity index (χ3n) is 7.07. The van der Waals surface area contributed by atoms with E-state index in [0.29, 0.717) is 4.88 Å². The molecule has 0 bridgehead atoms. The van der Waals surface area contributed by atoms with Gasteiger partial charge in [0.25, 0.3) is 5.91 Å². The molecule has 0 spiro atoms. The van der Waals surface area contributed by atoms with Crippen LogP contribution in [-0.4, -0.2) is 45.1 Å². The van der Waals surface area contributed by atoms with Crippen LogP contribution in [0.3, 0.4) is 0 Å². The molecule has 0 atom stereocenters. The fourth-order valence-electron chi connectivity index (χ4n) is 5.30. The smallest absolute Gasteiger partial charge is 0.264 e. The number of thiophene rings is 1. The Balaban J connectivity index is 1.42. The van der Waals surface area contributed by atoms with E-state index < -0.39 is 0 Å². The quantitative estimate of drug-likeness (QED) is 0.543. The van der Waals surface area contributed by atoms with E-state index in [9.17, 15) is 9.59 Å². The summed E-state index contributed by atoms with van der Waals surface area (Å²) in [6, 6.07) is 12.4. The standard InChI is InChI=1S/C26H32N4O2S/c1-18-22-16-23(33-26(22)30(28-18)21-14-6-3-7-15-21)25(32)29(20-12-4-2-5-13-20)17-24(31)27-19-10-8-9-11-19/h3,6-7,14-16,19-20H,2,4-5,8-13,17H2,1H3,(H,27,31). The molecule has 5 rings (SSSR count). The number of benzene rings is 1. The van der Waals surface area contributed by atoms with E-state index in [-0.39, 0.29) is 30.4 Å². The van der Waals surface area contributed by atoms with Gasteiger partial charge < -0.3 is 10.2 Å². The number of carbonyl (C=O) groups excluding carboxylic acids is 2. The zero-order valence-corrected chi connectivity index (χ0v) is 20.1. The minimum absolute atomic E-state index is 0.0198. The summed E-state index contributed by atoms with van der Waals surface area (Å²) in [5.74, 6) is -0.0442. The molecule has 2 aliphatic rings. The summed E-state index contributed by atoms with van der Waals surface area (Å²) in [5.41, 5.74) is 1.89. The number of aryl methyl sites for hydroxylation is 1. The number of fused-ring (bicyclic) bond motifs is 1. The van der Waals surface area contributed by atoms with Crippen molar-refractivity contribution >= 4 is 33.4 Å². The molecule has 174 valence electrons. The minimum atomic E-state index is -0.0244. The van der Waals surface area contributed by atoms with E-state index in [2.05, 4.69) is 5.32 Å². The van der Waals surface area contributed by atoms with Crippen LogP contribution < -0.4 is 5.32 Å². The van der Waals surface area contributed by atoms with E-state index in [1.54, 1.807) is 0 Å². The van der Waals surface area contributed by atoms with Gasteiger partial charge in [0, 0.05) is 17.5 Å². The molecule has 0 aliphatic heterocycles. The number of rotatable bonds is 6. The van der Waals surface area contributed by atoms with Crippen LogP contribution in [0.5, 0.6) is 0 Å². The number of hydrogen-bond acceptors (Lipinski definition) is 4. The first-order chi connectivity index (χ1) is 16.1. The van der Waals surface area contributed by atoms with Gasteiger partial charge in [-0.15, -0.1) is 11.3 Å². The Labute approximate surface area is 199 Å². The van der Waals surface area contributed by atoms with Gasteiger partial charge in [0.2, 0.25) is 5.91 Å². The monoisotopic (exact) mass is 464 g/mol. The van der Waals surface area contributed by atoms with Gasteiger partial charge in [-0.3, -0.25) is 9.59 Å². The molecule has 2 fully saturated rings. The summed E-state index contributed by atoms with van der Waals surface area (Å²) in [6.07, 6.45) is 9.85. The first-order valence-corrected chi connectivity index (χ1v) is 13.1. The number of nitrogens with one attached hydrogen (secondary N) is 1. The molecular weight excluding hydrogens is 432 g/mol. The Bertz CT molecular complexity index is 1120. The van der Waals surface area contributed by atoms with Crippen LogP contribution in [0.25, 0.3) is 15.9 Å². The van der Waals surface area contributed by atoms with Crippen molar-refractivity contribution in [2.24, 2.45) is 0 Å². The zero-order chi connectivity index (χ0) is 22.8. The fraction of sp³-hybridized carbons (Fsp3) is 0.500. The molecule has 3 aromatic rings. The second-order valence-corrected chi connectivity index (χ2v) is 10.5. The fourth-order valence-corrected chi connectivity index (χ4v) is 6.43. The topological polar surface area (TPSA) is 67.2 Å². The van der Waals surface area contributed by atoms with Crippen molar-refractivity contribution < 1.29 is 9.59 Å². The third-order valence-corrected chi connectivity index (χ3v) is 8.17. The van der Waals surface area contributed by atoms with Gasteiger partial charge in [0.05, 0.1) is 16.3 Å². The highest BCUT2D eigenvalue weighted by Crippen LogP contribution is 2.32. The van der Waals surface area contributed by atoms with Crippen molar-refractivity contribution in [1.82, 2.24) is 20.0 Å². The van der Waals surface area contributed by atoms with Gasteiger partial charge in [0.1, 0.15) is 11.4 Å². The Kier molecular flexibility index (Phi) is 6.49. The van der Waals surface area contributed by atoms with Crippen LogP contribution in [0, 0.1) is 6.92 Å². The van der Waals surface area contributed by atoms with Gasteiger partial charge >= 0.3 is 0 Å². The number of nitrogens with zero attached hydrogens (tertiary/aromatic N) is 3. The SMILES string of the molecule is Cc1nn(-c2ccccc2)c2sc(C(=O)N(CC(=O)NC3CCCC3)C3CCCCC3)cc12. The Morgan fingerprint density at radius 2 is 1.76 bits per heavy atom. The maximum absolute atomic E-state index is 13.8. The maximum Gasteiger partial charge on any atom is 0.264 e. The number of hydrogen-bond donors (Lipinski definition) is 1. The van der Waals surface area contributed by atoms with Crippen molar-refractivity contribution in [2.45, 2.75) is 76.8 Å². The van der Waals surface area contributed by atoms with E-state index in [1.807, 2.05) is 52.9 Å². The molecule has 2 aromatic heterocycles.